The number of anilines is 1. The zero-order chi connectivity index (χ0) is 20.2. The number of furan rings is 1. The van der Waals surface area contributed by atoms with Crippen molar-refractivity contribution in [2.24, 2.45) is 11.7 Å². The molecule has 1 heterocycles. The van der Waals surface area contributed by atoms with E-state index in [4.69, 9.17) is 10.2 Å². The van der Waals surface area contributed by atoms with Crippen molar-refractivity contribution < 1.29 is 27.2 Å². The molecule has 1 unspecified atom stereocenters. The molecule has 27 heavy (non-hydrogen) atoms. The van der Waals surface area contributed by atoms with Gasteiger partial charge in [0.15, 0.2) is 5.76 Å². The van der Waals surface area contributed by atoms with Crippen molar-refractivity contribution in [1.29, 1.82) is 0 Å². The van der Waals surface area contributed by atoms with Gasteiger partial charge < -0.3 is 20.8 Å². The van der Waals surface area contributed by atoms with E-state index in [1.165, 1.54) is 24.5 Å². The van der Waals surface area contributed by atoms with Crippen LogP contribution in [-0.4, -0.2) is 17.9 Å². The van der Waals surface area contributed by atoms with Crippen LogP contribution in [-0.2, 0) is 17.5 Å². The number of carbonyl (C=O) groups excluding carboxylic acids is 2. The number of carbonyl (C=O) groups is 2. The maximum atomic E-state index is 13.0. The van der Waals surface area contributed by atoms with E-state index in [0.717, 1.165) is 12.1 Å². The summed E-state index contributed by atoms with van der Waals surface area (Å²) >= 11 is 0. The molecule has 0 bridgehead atoms. The van der Waals surface area contributed by atoms with Crippen molar-refractivity contribution in [2.75, 3.05) is 5.32 Å². The zero-order valence-electron chi connectivity index (χ0n) is 14.8. The first-order valence-electron chi connectivity index (χ1n) is 8.18. The first-order chi connectivity index (χ1) is 12.6. The second-order valence-corrected chi connectivity index (χ2v) is 6.28. The second-order valence-electron chi connectivity index (χ2n) is 6.28. The molecule has 1 aromatic carbocycles. The first kappa shape index (κ1) is 20.5. The minimum Gasteiger partial charge on any atom is -0.459 e. The standard InChI is InChI=1S/C18H20F3N3O3/c1-10(2)15(24-16(25)14-4-3-5-27-14)17(26)23-13-7-11(9-22)6-12(8-13)18(19,20)21/h3-8,10,15H,9,22H2,1-2H3,(H,23,26)(H,24,25). The van der Waals surface area contributed by atoms with Gasteiger partial charge in [-0.05, 0) is 41.8 Å². The molecule has 2 aromatic rings. The topological polar surface area (TPSA) is 97.4 Å². The van der Waals surface area contributed by atoms with Gasteiger partial charge in [0.25, 0.3) is 5.91 Å². The lowest BCUT2D eigenvalue weighted by molar-refractivity contribution is -0.137. The maximum absolute atomic E-state index is 13.0. The van der Waals surface area contributed by atoms with Gasteiger partial charge in [0, 0.05) is 12.2 Å². The van der Waals surface area contributed by atoms with Crippen LogP contribution in [0.5, 0.6) is 0 Å². The van der Waals surface area contributed by atoms with Crippen LogP contribution in [0.4, 0.5) is 18.9 Å². The van der Waals surface area contributed by atoms with Gasteiger partial charge in [-0.2, -0.15) is 13.2 Å². The second kappa shape index (κ2) is 8.26. The summed E-state index contributed by atoms with van der Waals surface area (Å²) in [5.74, 6) is -1.53. The van der Waals surface area contributed by atoms with E-state index < -0.39 is 29.6 Å². The highest BCUT2D eigenvalue weighted by Gasteiger charge is 2.32. The lowest BCUT2D eigenvalue weighted by atomic mass is 10.0. The Hall–Kier alpha value is -2.81. The van der Waals surface area contributed by atoms with Gasteiger partial charge in [-0.25, -0.2) is 0 Å². The molecule has 1 atom stereocenters. The van der Waals surface area contributed by atoms with Crippen molar-refractivity contribution in [3.05, 3.63) is 53.5 Å². The van der Waals surface area contributed by atoms with E-state index in [0.29, 0.717) is 0 Å². The minimum atomic E-state index is -4.57. The molecule has 0 saturated heterocycles. The Morgan fingerprint density at radius 3 is 2.44 bits per heavy atom. The molecule has 6 nitrogen and oxygen atoms in total. The summed E-state index contributed by atoms with van der Waals surface area (Å²) in [6.45, 7) is 3.28. The first-order valence-corrected chi connectivity index (χ1v) is 8.18. The van der Waals surface area contributed by atoms with Crippen molar-refractivity contribution in [3.8, 4) is 0 Å². The van der Waals surface area contributed by atoms with E-state index >= 15 is 0 Å². The molecular formula is C18H20F3N3O3. The molecule has 0 spiro atoms. The van der Waals surface area contributed by atoms with Crippen molar-refractivity contribution in [1.82, 2.24) is 5.32 Å². The lowest BCUT2D eigenvalue weighted by Gasteiger charge is -2.22. The number of amides is 2. The summed E-state index contributed by atoms with van der Waals surface area (Å²) in [6, 6.07) is 5.09. The Morgan fingerprint density at radius 2 is 1.93 bits per heavy atom. The van der Waals surface area contributed by atoms with Crippen LogP contribution in [0.3, 0.4) is 0 Å². The average molecular weight is 383 g/mol. The summed E-state index contributed by atoms with van der Waals surface area (Å²) in [4.78, 5) is 24.7. The number of alkyl halides is 3. The van der Waals surface area contributed by atoms with Crippen LogP contribution in [0.15, 0.2) is 41.0 Å². The Bertz CT molecular complexity index is 802. The molecule has 4 N–H and O–H groups in total. The fourth-order valence-electron chi connectivity index (χ4n) is 2.42. The molecular weight excluding hydrogens is 363 g/mol. The summed E-state index contributed by atoms with van der Waals surface area (Å²) in [5, 5.41) is 4.94. The fourth-order valence-corrected chi connectivity index (χ4v) is 2.42. The summed E-state index contributed by atoms with van der Waals surface area (Å²) in [6.07, 6.45) is -3.26. The number of hydrogen-bond acceptors (Lipinski definition) is 4. The Morgan fingerprint density at radius 1 is 1.22 bits per heavy atom. The highest BCUT2D eigenvalue weighted by atomic mass is 19.4. The van der Waals surface area contributed by atoms with Crippen molar-refractivity contribution >= 4 is 17.5 Å². The molecule has 146 valence electrons. The molecule has 2 amide bonds. The highest BCUT2D eigenvalue weighted by Crippen LogP contribution is 2.32. The number of rotatable bonds is 6. The van der Waals surface area contributed by atoms with Gasteiger partial charge in [-0.15, -0.1) is 0 Å². The van der Waals surface area contributed by atoms with Gasteiger partial charge >= 0.3 is 6.18 Å². The van der Waals surface area contributed by atoms with E-state index in [2.05, 4.69) is 10.6 Å². The largest absolute Gasteiger partial charge is 0.459 e. The molecule has 0 aliphatic rings. The van der Waals surface area contributed by atoms with Gasteiger partial charge in [-0.3, -0.25) is 9.59 Å². The highest BCUT2D eigenvalue weighted by molar-refractivity contribution is 6.00. The van der Waals surface area contributed by atoms with Crippen molar-refractivity contribution in [3.63, 3.8) is 0 Å². The summed E-state index contributed by atoms with van der Waals surface area (Å²) in [7, 11) is 0. The summed E-state index contributed by atoms with van der Waals surface area (Å²) < 4.78 is 44.0. The van der Waals surface area contributed by atoms with E-state index in [9.17, 15) is 22.8 Å². The van der Waals surface area contributed by atoms with Crippen LogP contribution >= 0.6 is 0 Å². The van der Waals surface area contributed by atoms with Gasteiger partial charge in [0.1, 0.15) is 6.04 Å². The molecule has 0 aliphatic carbocycles. The van der Waals surface area contributed by atoms with E-state index in [1.54, 1.807) is 13.8 Å². The zero-order valence-corrected chi connectivity index (χ0v) is 14.8. The molecule has 0 radical (unpaired) electrons. The van der Waals surface area contributed by atoms with Crippen LogP contribution in [0, 0.1) is 5.92 Å². The molecule has 2 rings (SSSR count). The Kier molecular flexibility index (Phi) is 6.27. The van der Waals surface area contributed by atoms with Crippen LogP contribution < -0.4 is 16.4 Å². The van der Waals surface area contributed by atoms with Crippen molar-refractivity contribution in [2.45, 2.75) is 32.6 Å². The Labute approximate surface area is 153 Å². The molecule has 0 aliphatic heterocycles. The predicted molar refractivity (Wildman–Crippen MR) is 92.8 cm³/mol. The third-order valence-corrected chi connectivity index (χ3v) is 3.80. The number of nitrogens with two attached hydrogens (primary N) is 1. The summed E-state index contributed by atoms with van der Waals surface area (Å²) in [5.41, 5.74) is 4.70. The van der Waals surface area contributed by atoms with E-state index in [1.807, 2.05) is 0 Å². The SMILES string of the molecule is CC(C)C(NC(=O)c1ccco1)C(=O)Nc1cc(CN)cc(C(F)(F)F)c1. The smallest absolute Gasteiger partial charge is 0.416 e. The van der Waals surface area contributed by atoms with Gasteiger partial charge in [0.05, 0.1) is 11.8 Å². The maximum Gasteiger partial charge on any atom is 0.416 e. The van der Waals surface area contributed by atoms with Crippen LogP contribution in [0.25, 0.3) is 0 Å². The quantitative estimate of drug-likeness (QED) is 0.714. The third-order valence-electron chi connectivity index (χ3n) is 3.80. The number of halogens is 3. The average Bonchev–Trinajstić information content (AvgIpc) is 3.12. The van der Waals surface area contributed by atoms with Gasteiger partial charge in [-0.1, -0.05) is 13.8 Å². The molecule has 0 fully saturated rings. The molecule has 1 aromatic heterocycles. The number of hydrogen-bond donors (Lipinski definition) is 3. The van der Waals surface area contributed by atoms with Crippen LogP contribution in [0.1, 0.15) is 35.5 Å². The Balaban J connectivity index is 2.21. The molecule has 0 saturated carbocycles. The number of nitrogens with one attached hydrogen (secondary N) is 2. The van der Waals surface area contributed by atoms with Crippen LogP contribution in [0.2, 0.25) is 0 Å². The van der Waals surface area contributed by atoms with E-state index in [-0.39, 0.29) is 29.5 Å². The fraction of sp³-hybridized carbons (Fsp3) is 0.333. The number of benzene rings is 1. The monoisotopic (exact) mass is 383 g/mol. The lowest BCUT2D eigenvalue weighted by Crippen LogP contribution is -2.47. The predicted octanol–water partition coefficient (Wildman–Crippen LogP) is 3.15. The third kappa shape index (κ3) is 5.33. The van der Waals surface area contributed by atoms with Gasteiger partial charge in [0.2, 0.25) is 5.91 Å². The minimum absolute atomic E-state index is 0.0259. The normalized spacial score (nSPS) is 12.7. The molecule has 9 heteroatoms.